The molecule has 5 aliphatic rings. The number of piperidine rings is 3. The first-order valence-electron chi connectivity index (χ1n) is 11.2. The number of rotatable bonds is 6. The number of nitrogens with zero attached hydrogens (tertiary/aromatic N) is 1. The van der Waals surface area contributed by atoms with Crippen LogP contribution in [-0.4, -0.2) is 48.3 Å². The lowest BCUT2D eigenvalue weighted by Gasteiger charge is -2.45. The molecule has 3 N–H and O–H groups in total. The number of aromatic carboxylic acids is 1. The second-order valence-corrected chi connectivity index (χ2v) is 10.1. The Labute approximate surface area is 186 Å². The number of carboxylic acid groups (broad SMARTS) is 1. The van der Waals surface area contributed by atoms with Gasteiger partial charge in [0, 0.05) is 24.2 Å². The van der Waals surface area contributed by atoms with Gasteiger partial charge in [-0.15, -0.1) is 0 Å². The van der Waals surface area contributed by atoms with Crippen molar-refractivity contribution in [3.8, 4) is 5.75 Å². The number of hydrogen-bond acceptors (Lipinski definition) is 6. The fraction of sp³-hybridized carbons (Fsp3) is 0.458. The Morgan fingerprint density at radius 3 is 2.71 bits per heavy atom. The lowest BCUT2D eigenvalue weighted by molar-refractivity contribution is 0.0692. The molecule has 2 aromatic carbocycles. The fourth-order valence-electron chi connectivity index (χ4n) is 5.46. The third-order valence-corrected chi connectivity index (χ3v) is 8.22. The molecular weight excluding hydrogens is 410 g/mol. The van der Waals surface area contributed by atoms with Gasteiger partial charge in [0.1, 0.15) is 11.3 Å². The van der Waals surface area contributed by atoms with E-state index in [-0.39, 0.29) is 5.56 Å². The lowest BCUT2D eigenvalue weighted by Crippen LogP contribution is -2.53. The maximum Gasteiger partial charge on any atom is 0.341 e. The Balaban J connectivity index is 1.22. The van der Waals surface area contributed by atoms with Crippen molar-refractivity contribution < 1.29 is 14.6 Å². The van der Waals surface area contributed by atoms with Crippen molar-refractivity contribution >= 4 is 29.3 Å². The molecule has 4 heterocycles. The van der Waals surface area contributed by atoms with Crippen LogP contribution in [0.25, 0.3) is 0 Å². The summed E-state index contributed by atoms with van der Waals surface area (Å²) in [4.78, 5) is 15.7. The van der Waals surface area contributed by atoms with E-state index < -0.39 is 5.97 Å². The van der Waals surface area contributed by atoms with Crippen LogP contribution >= 0.6 is 11.9 Å². The van der Waals surface area contributed by atoms with E-state index in [0.717, 1.165) is 35.0 Å². The molecule has 7 heteroatoms. The Kier molecular flexibility index (Phi) is 4.76. The summed E-state index contributed by atoms with van der Waals surface area (Å²) in [6.45, 7) is 4.17. The van der Waals surface area contributed by atoms with Crippen LogP contribution in [0.5, 0.6) is 5.75 Å². The monoisotopic (exact) mass is 437 g/mol. The molecule has 0 spiro atoms. The summed E-state index contributed by atoms with van der Waals surface area (Å²) in [6.07, 6.45) is 3.64. The van der Waals surface area contributed by atoms with Gasteiger partial charge in [-0.3, -0.25) is 0 Å². The lowest BCUT2D eigenvalue weighted by atomic mass is 9.84. The molecular formula is C24H27N3O3S. The van der Waals surface area contributed by atoms with Gasteiger partial charge in [0.05, 0.1) is 17.2 Å². The van der Waals surface area contributed by atoms with E-state index in [2.05, 4.69) is 33.1 Å². The summed E-state index contributed by atoms with van der Waals surface area (Å²) in [5.74, 6) is 1.37. The molecule has 2 aromatic rings. The molecule has 1 saturated carbocycles. The summed E-state index contributed by atoms with van der Waals surface area (Å²) in [5, 5.41) is 13.7. The Bertz CT molecular complexity index is 1020. The maximum atomic E-state index is 12.1. The average molecular weight is 438 g/mol. The molecule has 2 bridgehead atoms. The molecule has 3 saturated heterocycles. The molecule has 0 amide bonds. The number of anilines is 2. The molecule has 3 atom stereocenters. The highest BCUT2D eigenvalue weighted by molar-refractivity contribution is 8.00. The number of nitrogens with one attached hydrogen (secondary N) is 2. The summed E-state index contributed by atoms with van der Waals surface area (Å²) >= 11 is 1.46. The van der Waals surface area contributed by atoms with Crippen LogP contribution in [0.15, 0.2) is 41.3 Å². The minimum absolute atomic E-state index is 0.248. The van der Waals surface area contributed by atoms with Gasteiger partial charge in [-0.1, -0.05) is 18.2 Å². The van der Waals surface area contributed by atoms with Crippen molar-refractivity contribution in [2.75, 3.05) is 36.3 Å². The molecule has 31 heavy (non-hydrogen) atoms. The van der Waals surface area contributed by atoms with E-state index in [0.29, 0.717) is 35.9 Å². The normalized spacial score (nSPS) is 30.0. The van der Waals surface area contributed by atoms with Crippen LogP contribution < -0.4 is 14.8 Å². The second kappa shape index (κ2) is 7.64. The third-order valence-electron chi connectivity index (χ3n) is 7.32. The zero-order valence-corrected chi connectivity index (χ0v) is 18.2. The van der Waals surface area contributed by atoms with Crippen LogP contribution in [0.1, 0.15) is 41.1 Å². The molecule has 6 nitrogen and oxygen atoms in total. The van der Waals surface area contributed by atoms with Crippen molar-refractivity contribution in [2.24, 2.45) is 11.8 Å². The molecule has 1 aliphatic carbocycles. The molecule has 3 unspecified atom stereocenters. The Morgan fingerprint density at radius 2 is 1.94 bits per heavy atom. The summed E-state index contributed by atoms with van der Waals surface area (Å²) in [5.41, 5.74) is 2.99. The van der Waals surface area contributed by atoms with E-state index in [9.17, 15) is 9.90 Å². The first-order chi connectivity index (χ1) is 15.2. The quantitative estimate of drug-likeness (QED) is 0.575. The van der Waals surface area contributed by atoms with Crippen molar-refractivity contribution in [2.45, 2.75) is 36.1 Å². The van der Waals surface area contributed by atoms with Gasteiger partial charge >= 0.3 is 5.97 Å². The van der Waals surface area contributed by atoms with Gasteiger partial charge in [-0.25, -0.2) is 4.79 Å². The van der Waals surface area contributed by atoms with E-state index in [4.69, 9.17) is 4.74 Å². The Morgan fingerprint density at radius 1 is 1.10 bits per heavy atom. The number of fused-ring (bicyclic) bond motifs is 6. The molecule has 7 rings (SSSR count). The third kappa shape index (κ3) is 3.53. The van der Waals surface area contributed by atoms with Crippen LogP contribution in [0, 0.1) is 11.8 Å². The van der Waals surface area contributed by atoms with E-state index in [1.807, 2.05) is 18.2 Å². The van der Waals surface area contributed by atoms with Gasteiger partial charge in [0.15, 0.2) is 0 Å². The average Bonchev–Trinajstić information content (AvgIpc) is 3.59. The second-order valence-electron chi connectivity index (χ2n) is 9.21. The molecule has 4 aliphatic heterocycles. The first-order valence-corrected chi connectivity index (χ1v) is 12.0. The Hall–Kier alpha value is -2.38. The largest absolute Gasteiger partial charge is 0.492 e. The van der Waals surface area contributed by atoms with E-state index >= 15 is 0 Å². The maximum absolute atomic E-state index is 12.1. The van der Waals surface area contributed by atoms with E-state index in [1.54, 1.807) is 0 Å². The summed E-state index contributed by atoms with van der Waals surface area (Å²) in [7, 11) is 0. The number of carbonyl (C=O) groups is 1. The predicted octanol–water partition coefficient (Wildman–Crippen LogP) is 4.51. The number of para-hydroxylation sites is 1. The van der Waals surface area contributed by atoms with Crippen LogP contribution in [0.3, 0.4) is 0 Å². The number of carboxylic acids is 1. The highest BCUT2D eigenvalue weighted by atomic mass is 32.2. The van der Waals surface area contributed by atoms with Gasteiger partial charge in [-0.05, 0) is 79.9 Å². The van der Waals surface area contributed by atoms with Crippen LogP contribution in [0.2, 0.25) is 0 Å². The molecule has 162 valence electrons. The van der Waals surface area contributed by atoms with Crippen molar-refractivity contribution in [1.29, 1.82) is 0 Å². The first kappa shape index (κ1) is 19.3. The molecule has 4 fully saturated rings. The SMILES string of the molecule is O=C(O)c1c(NSc2ccccc2NC2CN3CCC2CC3)ccc2c1OCC1CC21. The standard InChI is InChI=1S/C24H27N3O3S/c28-24(29)22-19(6-5-16-17-11-15(17)13-30-23(16)22)26-31-21-4-2-1-3-18(21)25-20-12-27-9-7-14(20)8-10-27/h1-6,14-15,17,20,25-26H,7-13H2,(H,28,29). The van der Waals surface area contributed by atoms with Gasteiger partial charge in [0.25, 0.3) is 0 Å². The predicted molar refractivity (Wildman–Crippen MR) is 122 cm³/mol. The zero-order chi connectivity index (χ0) is 20.9. The molecule has 0 aromatic heterocycles. The summed E-state index contributed by atoms with van der Waals surface area (Å²) < 4.78 is 9.17. The number of ether oxygens (including phenoxy) is 1. The highest BCUT2D eigenvalue weighted by Crippen LogP contribution is 2.55. The fourth-order valence-corrected chi connectivity index (χ4v) is 6.23. The van der Waals surface area contributed by atoms with E-state index in [1.165, 1.54) is 37.9 Å². The van der Waals surface area contributed by atoms with Gasteiger partial charge in [0.2, 0.25) is 0 Å². The number of hydrogen-bond donors (Lipinski definition) is 3. The minimum Gasteiger partial charge on any atom is -0.492 e. The van der Waals surface area contributed by atoms with Crippen molar-refractivity contribution in [1.82, 2.24) is 4.90 Å². The van der Waals surface area contributed by atoms with Crippen molar-refractivity contribution in [3.63, 3.8) is 0 Å². The summed E-state index contributed by atoms with van der Waals surface area (Å²) in [6, 6.07) is 12.7. The smallest absolute Gasteiger partial charge is 0.341 e. The minimum atomic E-state index is -0.947. The number of benzene rings is 2. The zero-order valence-electron chi connectivity index (χ0n) is 17.3. The van der Waals surface area contributed by atoms with Gasteiger partial charge in [-0.2, -0.15) is 0 Å². The topological polar surface area (TPSA) is 73.8 Å². The van der Waals surface area contributed by atoms with Crippen molar-refractivity contribution in [3.05, 3.63) is 47.5 Å². The molecule has 0 radical (unpaired) electrons. The van der Waals surface area contributed by atoms with Crippen LogP contribution in [0.4, 0.5) is 11.4 Å². The van der Waals surface area contributed by atoms with Gasteiger partial charge < -0.3 is 24.8 Å². The van der Waals surface area contributed by atoms with Crippen LogP contribution in [-0.2, 0) is 0 Å². The highest BCUT2D eigenvalue weighted by Gasteiger charge is 2.45.